The molecule has 1 aromatic rings. The van der Waals surface area contributed by atoms with Crippen LogP contribution in [0, 0.1) is 11.8 Å². The van der Waals surface area contributed by atoms with E-state index in [0.29, 0.717) is 19.1 Å². The first-order valence-corrected chi connectivity index (χ1v) is 6.71. The second kappa shape index (κ2) is 7.18. The highest BCUT2D eigenvalue weighted by Crippen LogP contribution is 2.25. The Kier molecular flexibility index (Phi) is 5.26. The lowest BCUT2D eigenvalue weighted by Gasteiger charge is -2.25. The lowest BCUT2D eigenvalue weighted by atomic mass is 9.96. The molecule has 0 spiro atoms. The number of aliphatic hydroxyl groups excluding tert-OH is 1. The molecule has 0 amide bonds. The molecule has 2 rings (SSSR count). The third-order valence-corrected chi connectivity index (χ3v) is 3.30. The molecule has 1 aliphatic rings. The van der Waals surface area contributed by atoms with Gasteiger partial charge in [0.25, 0.3) is 0 Å². The predicted molar refractivity (Wildman–Crippen MR) is 74.0 cm³/mol. The van der Waals surface area contributed by atoms with Crippen LogP contribution in [0.1, 0.15) is 36.8 Å². The Labute approximate surface area is 114 Å². The van der Waals surface area contributed by atoms with Gasteiger partial charge in [-0.25, -0.2) is 0 Å². The summed E-state index contributed by atoms with van der Waals surface area (Å²) in [5.41, 5.74) is 2.00. The van der Waals surface area contributed by atoms with Gasteiger partial charge in [0.15, 0.2) is 0 Å². The zero-order valence-corrected chi connectivity index (χ0v) is 11.3. The van der Waals surface area contributed by atoms with E-state index in [0.717, 1.165) is 29.7 Å². The standard InChI is InChI=1S/C16H20O3/c1-18-16-9-8-13(5-2-3-10-17)14(11-16)12-19-15-6-4-7-15/h8-9,11,15,17H,3-4,6-7,10,12H2,1H3. The largest absolute Gasteiger partial charge is 0.497 e. The molecule has 1 saturated carbocycles. The van der Waals surface area contributed by atoms with Crippen molar-refractivity contribution in [3.8, 4) is 17.6 Å². The zero-order chi connectivity index (χ0) is 13.5. The van der Waals surface area contributed by atoms with Crippen LogP contribution in [0.5, 0.6) is 5.75 Å². The third-order valence-electron chi connectivity index (χ3n) is 3.30. The van der Waals surface area contributed by atoms with Crippen LogP contribution >= 0.6 is 0 Å². The van der Waals surface area contributed by atoms with Crippen molar-refractivity contribution >= 4 is 0 Å². The molecule has 1 aliphatic carbocycles. The van der Waals surface area contributed by atoms with Gasteiger partial charge in [0, 0.05) is 12.0 Å². The number of methoxy groups -OCH3 is 1. The van der Waals surface area contributed by atoms with E-state index in [2.05, 4.69) is 11.8 Å². The second-order valence-corrected chi connectivity index (χ2v) is 4.66. The van der Waals surface area contributed by atoms with E-state index in [1.807, 2.05) is 18.2 Å². The second-order valence-electron chi connectivity index (χ2n) is 4.66. The maximum Gasteiger partial charge on any atom is 0.119 e. The molecular weight excluding hydrogens is 240 g/mol. The molecule has 1 fully saturated rings. The monoisotopic (exact) mass is 260 g/mol. The molecule has 19 heavy (non-hydrogen) atoms. The van der Waals surface area contributed by atoms with Gasteiger partial charge in [-0.3, -0.25) is 0 Å². The summed E-state index contributed by atoms with van der Waals surface area (Å²) in [7, 11) is 1.66. The fourth-order valence-corrected chi connectivity index (χ4v) is 1.90. The Morgan fingerprint density at radius 1 is 1.37 bits per heavy atom. The number of benzene rings is 1. The summed E-state index contributed by atoms with van der Waals surface area (Å²) in [6.45, 7) is 0.669. The van der Waals surface area contributed by atoms with Gasteiger partial charge in [0.2, 0.25) is 0 Å². The van der Waals surface area contributed by atoms with Crippen molar-refractivity contribution in [1.82, 2.24) is 0 Å². The van der Waals surface area contributed by atoms with Crippen molar-refractivity contribution in [2.75, 3.05) is 13.7 Å². The lowest BCUT2D eigenvalue weighted by molar-refractivity contribution is -0.00879. The van der Waals surface area contributed by atoms with Gasteiger partial charge in [-0.05, 0) is 43.0 Å². The maximum absolute atomic E-state index is 8.76. The molecule has 3 heteroatoms. The van der Waals surface area contributed by atoms with Gasteiger partial charge < -0.3 is 14.6 Å². The van der Waals surface area contributed by atoms with Crippen molar-refractivity contribution in [1.29, 1.82) is 0 Å². The highest BCUT2D eigenvalue weighted by atomic mass is 16.5. The fraction of sp³-hybridized carbons (Fsp3) is 0.500. The number of hydrogen-bond acceptors (Lipinski definition) is 3. The first kappa shape index (κ1) is 13.9. The molecule has 0 unspecified atom stereocenters. The van der Waals surface area contributed by atoms with Crippen molar-refractivity contribution in [3.05, 3.63) is 29.3 Å². The summed E-state index contributed by atoms with van der Waals surface area (Å²) in [6.07, 6.45) is 4.50. The maximum atomic E-state index is 8.76. The van der Waals surface area contributed by atoms with E-state index >= 15 is 0 Å². The summed E-state index contributed by atoms with van der Waals surface area (Å²) in [5.74, 6) is 6.85. The average Bonchev–Trinajstić information content (AvgIpc) is 2.38. The van der Waals surface area contributed by atoms with Gasteiger partial charge in [-0.15, -0.1) is 0 Å². The normalized spacial score (nSPS) is 14.4. The molecule has 0 saturated heterocycles. The topological polar surface area (TPSA) is 38.7 Å². The smallest absolute Gasteiger partial charge is 0.119 e. The Morgan fingerprint density at radius 2 is 2.21 bits per heavy atom. The zero-order valence-electron chi connectivity index (χ0n) is 11.3. The molecule has 0 bridgehead atoms. The number of aliphatic hydroxyl groups is 1. The molecule has 102 valence electrons. The Balaban J connectivity index is 2.08. The molecule has 0 aliphatic heterocycles. The van der Waals surface area contributed by atoms with Gasteiger partial charge in [0.05, 0.1) is 26.4 Å². The van der Waals surface area contributed by atoms with Crippen molar-refractivity contribution in [2.45, 2.75) is 38.4 Å². The van der Waals surface area contributed by atoms with Crippen LogP contribution in [0.3, 0.4) is 0 Å². The Bertz CT molecular complexity index is 467. The average molecular weight is 260 g/mol. The summed E-state index contributed by atoms with van der Waals surface area (Å²) < 4.78 is 11.1. The lowest BCUT2D eigenvalue weighted by Crippen LogP contribution is -2.21. The Morgan fingerprint density at radius 3 is 2.84 bits per heavy atom. The quantitative estimate of drug-likeness (QED) is 0.827. The highest BCUT2D eigenvalue weighted by molar-refractivity contribution is 5.45. The van der Waals surface area contributed by atoms with Crippen LogP contribution in [-0.4, -0.2) is 24.9 Å². The van der Waals surface area contributed by atoms with E-state index in [1.165, 1.54) is 6.42 Å². The Hall–Kier alpha value is -1.50. The summed E-state index contributed by atoms with van der Waals surface area (Å²) in [6, 6.07) is 5.82. The minimum atomic E-state index is 0.0943. The van der Waals surface area contributed by atoms with Crippen LogP contribution in [0.4, 0.5) is 0 Å². The first-order valence-electron chi connectivity index (χ1n) is 6.71. The van der Waals surface area contributed by atoms with Crippen LogP contribution < -0.4 is 4.74 Å². The summed E-state index contributed by atoms with van der Waals surface area (Å²) in [5, 5.41) is 8.76. The third kappa shape index (κ3) is 3.99. The highest BCUT2D eigenvalue weighted by Gasteiger charge is 2.18. The van der Waals surface area contributed by atoms with Gasteiger partial charge in [0.1, 0.15) is 5.75 Å². The summed E-state index contributed by atoms with van der Waals surface area (Å²) in [4.78, 5) is 0. The molecule has 1 aromatic carbocycles. The van der Waals surface area contributed by atoms with Gasteiger partial charge >= 0.3 is 0 Å². The fourth-order valence-electron chi connectivity index (χ4n) is 1.90. The number of hydrogen-bond donors (Lipinski definition) is 1. The van der Waals surface area contributed by atoms with E-state index in [9.17, 15) is 0 Å². The van der Waals surface area contributed by atoms with E-state index in [-0.39, 0.29) is 6.61 Å². The minimum Gasteiger partial charge on any atom is -0.497 e. The van der Waals surface area contributed by atoms with Gasteiger partial charge in [-0.2, -0.15) is 0 Å². The molecule has 0 atom stereocenters. The SMILES string of the molecule is COc1ccc(C#CCCO)c(COC2CCC2)c1. The molecule has 0 aromatic heterocycles. The van der Waals surface area contributed by atoms with Crippen LogP contribution in [-0.2, 0) is 11.3 Å². The number of ether oxygens (including phenoxy) is 2. The van der Waals surface area contributed by atoms with Crippen molar-refractivity contribution in [3.63, 3.8) is 0 Å². The molecule has 1 N–H and O–H groups in total. The van der Waals surface area contributed by atoms with E-state index in [1.54, 1.807) is 7.11 Å². The first-order chi connectivity index (χ1) is 9.33. The van der Waals surface area contributed by atoms with Crippen molar-refractivity contribution in [2.24, 2.45) is 0 Å². The van der Waals surface area contributed by atoms with Crippen LogP contribution in [0.2, 0.25) is 0 Å². The van der Waals surface area contributed by atoms with Crippen molar-refractivity contribution < 1.29 is 14.6 Å². The predicted octanol–water partition coefficient (Wildman–Crippen LogP) is 2.50. The minimum absolute atomic E-state index is 0.0943. The van der Waals surface area contributed by atoms with Crippen LogP contribution in [0.15, 0.2) is 18.2 Å². The molecule has 3 nitrogen and oxygen atoms in total. The summed E-state index contributed by atoms with van der Waals surface area (Å²) >= 11 is 0. The number of rotatable bonds is 5. The molecule has 0 radical (unpaired) electrons. The van der Waals surface area contributed by atoms with Gasteiger partial charge in [-0.1, -0.05) is 11.8 Å². The molecular formula is C16H20O3. The van der Waals surface area contributed by atoms with Crippen LogP contribution in [0.25, 0.3) is 0 Å². The van der Waals surface area contributed by atoms with E-state index in [4.69, 9.17) is 14.6 Å². The molecule has 0 heterocycles. The van der Waals surface area contributed by atoms with E-state index < -0.39 is 0 Å².